The molecule has 0 aliphatic carbocycles. The molecule has 1 amide bonds. The highest BCUT2D eigenvalue weighted by atomic mass is 16.4. The van der Waals surface area contributed by atoms with E-state index in [1.807, 2.05) is 6.92 Å². The van der Waals surface area contributed by atoms with Crippen molar-refractivity contribution < 1.29 is 19.8 Å². The second-order valence-electron chi connectivity index (χ2n) is 3.87. The van der Waals surface area contributed by atoms with Crippen molar-refractivity contribution in [2.45, 2.75) is 25.8 Å². The minimum atomic E-state index is -1.17. The third kappa shape index (κ3) is 3.30. The molecule has 1 unspecified atom stereocenters. The average molecular weight is 255 g/mol. The molecule has 0 aliphatic heterocycles. The van der Waals surface area contributed by atoms with Crippen LogP contribution in [0.2, 0.25) is 0 Å². The van der Waals surface area contributed by atoms with Crippen LogP contribution in [-0.4, -0.2) is 44.5 Å². The van der Waals surface area contributed by atoms with Crippen LogP contribution < -0.4 is 5.32 Å². The molecule has 1 aromatic rings. The summed E-state index contributed by atoms with van der Waals surface area (Å²) in [5, 5.41) is 24.1. The maximum Gasteiger partial charge on any atom is 0.326 e. The molecule has 7 nitrogen and oxygen atoms in total. The molecular formula is C11H17N3O4. The van der Waals surface area contributed by atoms with Crippen LogP contribution >= 0.6 is 0 Å². The molecule has 0 aliphatic rings. The monoisotopic (exact) mass is 255 g/mol. The van der Waals surface area contributed by atoms with E-state index in [0.717, 1.165) is 5.69 Å². The van der Waals surface area contributed by atoms with Crippen molar-refractivity contribution in [3.05, 3.63) is 17.5 Å². The van der Waals surface area contributed by atoms with Crippen molar-refractivity contribution in [1.29, 1.82) is 0 Å². The van der Waals surface area contributed by atoms with Gasteiger partial charge in [0.1, 0.15) is 11.7 Å². The Morgan fingerprint density at radius 3 is 2.67 bits per heavy atom. The van der Waals surface area contributed by atoms with E-state index in [1.165, 1.54) is 4.68 Å². The topological polar surface area (TPSA) is 104 Å². The number of aromatic nitrogens is 2. The highest BCUT2D eigenvalue weighted by molar-refractivity contribution is 5.95. The van der Waals surface area contributed by atoms with Crippen LogP contribution in [0.15, 0.2) is 6.07 Å². The minimum Gasteiger partial charge on any atom is -0.480 e. The van der Waals surface area contributed by atoms with Crippen molar-refractivity contribution in [1.82, 2.24) is 15.1 Å². The normalized spacial score (nSPS) is 12.2. The molecule has 100 valence electrons. The van der Waals surface area contributed by atoms with Gasteiger partial charge < -0.3 is 15.5 Å². The molecule has 0 bridgehead atoms. The zero-order chi connectivity index (χ0) is 13.7. The summed E-state index contributed by atoms with van der Waals surface area (Å²) in [5.41, 5.74) is 1.06. The molecule has 1 heterocycles. The molecule has 0 saturated heterocycles. The van der Waals surface area contributed by atoms with Crippen LogP contribution in [0.5, 0.6) is 0 Å². The fraction of sp³-hybridized carbons (Fsp3) is 0.545. The standard InChI is InChI=1S/C11H17N3O4/c1-3-7-6-9(14(2)13-7)10(16)12-8(4-5-15)11(17)18/h6,8,15H,3-5H2,1-2H3,(H,12,16)(H,17,18). The summed E-state index contributed by atoms with van der Waals surface area (Å²) >= 11 is 0. The molecule has 18 heavy (non-hydrogen) atoms. The van der Waals surface area contributed by atoms with Gasteiger partial charge in [-0.15, -0.1) is 0 Å². The highest BCUT2D eigenvalue weighted by Gasteiger charge is 2.22. The van der Waals surface area contributed by atoms with Gasteiger partial charge in [0.05, 0.1) is 5.69 Å². The number of rotatable bonds is 6. The van der Waals surface area contributed by atoms with E-state index in [4.69, 9.17) is 10.2 Å². The lowest BCUT2D eigenvalue weighted by molar-refractivity contribution is -0.139. The van der Waals surface area contributed by atoms with Crippen molar-refractivity contribution >= 4 is 11.9 Å². The number of nitrogens with one attached hydrogen (secondary N) is 1. The summed E-state index contributed by atoms with van der Waals surface area (Å²) in [6.07, 6.45) is 0.666. The lowest BCUT2D eigenvalue weighted by Gasteiger charge is -2.12. The Morgan fingerprint density at radius 1 is 1.56 bits per heavy atom. The first-order chi connectivity index (χ1) is 8.49. The van der Waals surface area contributed by atoms with Gasteiger partial charge in [-0.3, -0.25) is 9.48 Å². The smallest absolute Gasteiger partial charge is 0.326 e. The molecule has 3 N–H and O–H groups in total. The van der Waals surface area contributed by atoms with Crippen molar-refractivity contribution in [3.8, 4) is 0 Å². The zero-order valence-electron chi connectivity index (χ0n) is 10.4. The van der Waals surface area contributed by atoms with Gasteiger partial charge in [-0.2, -0.15) is 5.10 Å². The predicted molar refractivity (Wildman–Crippen MR) is 63.2 cm³/mol. The second-order valence-corrected chi connectivity index (χ2v) is 3.87. The van der Waals surface area contributed by atoms with Crippen molar-refractivity contribution in [3.63, 3.8) is 0 Å². The Morgan fingerprint density at radius 2 is 2.22 bits per heavy atom. The van der Waals surface area contributed by atoms with Crippen LogP contribution in [0.4, 0.5) is 0 Å². The van der Waals surface area contributed by atoms with Crippen LogP contribution in [0.25, 0.3) is 0 Å². The Hall–Kier alpha value is -1.89. The Kier molecular flexibility index (Phi) is 4.85. The minimum absolute atomic E-state index is 0.0282. The molecule has 0 spiro atoms. The molecule has 0 aromatic carbocycles. The van der Waals surface area contributed by atoms with E-state index >= 15 is 0 Å². The number of amides is 1. The Bertz CT molecular complexity index is 441. The van der Waals surface area contributed by atoms with E-state index in [0.29, 0.717) is 12.1 Å². The Balaban J connectivity index is 2.79. The summed E-state index contributed by atoms with van der Waals surface area (Å²) in [4.78, 5) is 22.7. The van der Waals surface area contributed by atoms with Gasteiger partial charge in [0.2, 0.25) is 0 Å². The molecule has 1 rings (SSSR count). The maximum atomic E-state index is 11.9. The van der Waals surface area contributed by atoms with Gasteiger partial charge in [0.25, 0.3) is 5.91 Å². The number of nitrogens with zero attached hydrogens (tertiary/aromatic N) is 2. The number of carbonyl (C=O) groups excluding carboxylic acids is 1. The fourth-order valence-corrected chi connectivity index (χ4v) is 1.53. The first kappa shape index (κ1) is 14.2. The molecule has 1 atom stereocenters. The summed E-state index contributed by atoms with van der Waals surface area (Å²) in [7, 11) is 1.62. The number of hydrogen-bond acceptors (Lipinski definition) is 4. The molecule has 0 fully saturated rings. The molecule has 7 heteroatoms. The number of aliphatic hydroxyl groups is 1. The molecule has 0 saturated carbocycles. The number of carbonyl (C=O) groups is 2. The van der Waals surface area contributed by atoms with Gasteiger partial charge in [-0.25, -0.2) is 4.79 Å². The van der Waals surface area contributed by atoms with Crippen molar-refractivity contribution in [2.24, 2.45) is 7.05 Å². The third-order valence-electron chi connectivity index (χ3n) is 2.55. The number of aliphatic carboxylic acids is 1. The van der Waals surface area contributed by atoms with Gasteiger partial charge in [-0.1, -0.05) is 6.92 Å². The van der Waals surface area contributed by atoms with E-state index in [-0.39, 0.29) is 13.0 Å². The van der Waals surface area contributed by atoms with E-state index < -0.39 is 17.9 Å². The SMILES string of the molecule is CCc1cc(C(=O)NC(CCO)C(=O)O)n(C)n1. The number of hydrogen-bond donors (Lipinski definition) is 3. The maximum absolute atomic E-state index is 11.9. The highest BCUT2D eigenvalue weighted by Crippen LogP contribution is 2.05. The van der Waals surface area contributed by atoms with Gasteiger partial charge in [-0.05, 0) is 12.5 Å². The molecule has 1 aromatic heterocycles. The van der Waals surface area contributed by atoms with E-state index in [1.54, 1.807) is 13.1 Å². The van der Waals surface area contributed by atoms with Gasteiger partial charge >= 0.3 is 5.97 Å². The number of aryl methyl sites for hydroxylation is 2. The predicted octanol–water partition coefficient (Wildman–Crippen LogP) is -0.452. The first-order valence-corrected chi connectivity index (χ1v) is 5.67. The molecular weight excluding hydrogens is 238 g/mol. The summed E-state index contributed by atoms with van der Waals surface area (Å²) in [6.45, 7) is 1.61. The largest absolute Gasteiger partial charge is 0.480 e. The quantitative estimate of drug-likeness (QED) is 0.638. The number of carboxylic acid groups (broad SMARTS) is 1. The number of aliphatic hydroxyl groups excluding tert-OH is 1. The summed E-state index contributed by atoms with van der Waals surface area (Å²) in [5.74, 6) is -1.68. The summed E-state index contributed by atoms with van der Waals surface area (Å²) in [6, 6.07) is 0.523. The van der Waals surface area contributed by atoms with Gasteiger partial charge in [0.15, 0.2) is 0 Å². The first-order valence-electron chi connectivity index (χ1n) is 5.67. The van der Waals surface area contributed by atoms with Crippen molar-refractivity contribution in [2.75, 3.05) is 6.61 Å². The van der Waals surface area contributed by atoms with Crippen LogP contribution in [-0.2, 0) is 18.3 Å². The van der Waals surface area contributed by atoms with Crippen LogP contribution in [0.3, 0.4) is 0 Å². The second kappa shape index (κ2) is 6.15. The third-order valence-corrected chi connectivity index (χ3v) is 2.55. The van der Waals surface area contributed by atoms with Crippen LogP contribution in [0, 0.1) is 0 Å². The van der Waals surface area contributed by atoms with E-state index in [2.05, 4.69) is 10.4 Å². The lowest BCUT2D eigenvalue weighted by atomic mass is 10.2. The molecule has 0 radical (unpaired) electrons. The fourth-order valence-electron chi connectivity index (χ4n) is 1.53. The van der Waals surface area contributed by atoms with Gasteiger partial charge in [0, 0.05) is 20.1 Å². The Labute approximate surface area is 104 Å². The van der Waals surface area contributed by atoms with E-state index in [9.17, 15) is 9.59 Å². The summed E-state index contributed by atoms with van der Waals surface area (Å²) < 4.78 is 1.41. The average Bonchev–Trinajstić information content (AvgIpc) is 2.69. The zero-order valence-corrected chi connectivity index (χ0v) is 10.4. The van der Waals surface area contributed by atoms with Crippen LogP contribution in [0.1, 0.15) is 29.5 Å². The lowest BCUT2D eigenvalue weighted by Crippen LogP contribution is -2.42. The number of carboxylic acids is 1.